The molecule has 6 heteroatoms. The normalized spacial score (nSPS) is 10.1. The van der Waals surface area contributed by atoms with Gasteiger partial charge in [0.2, 0.25) is 5.75 Å². The SMILES string of the molecule is COc1cc(C(=O)CC(=O)c2ccc(O)cc2)cc(OC)c1OC. The lowest BCUT2D eigenvalue weighted by molar-refractivity contribution is 0.0894. The van der Waals surface area contributed by atoms with Gasteiger partial charge in [-0.05, 0) is 36.4 Å². The Labute approximate surface area is 139 Å². The van der Waals surface area contributed by atoms with Crippen LogP contribution in [0.1, 0.15) is 27.1 Å². The Morgan fingerprint density at radius 2 is 1.33 bits per heavy atom. The van der Waals surface area contributed by atoms with Crippen LogP contribution in [0.15, 0.2) is 36.4 Å². The Kier molecular flexibility index (Phi) is 5.42. The van der Waals surface area contributed by atoms with E-state index >= 15 is 0 Å². The number of ketones is 2. The molecule has 2 aromatic carbocycles. The van der Waals surface area contributed by atoms with Gasteiger partial charge in [0.25, 0.3) is 0 Å². The van der Waals surface area contributed by atoms with Crippen LogP contribution in [-0.4, -0.2) is 38.0 Å². The average Bonchev–Trinajstić information content (AvgIpc) is 2.60. The predicted molar refractivity (Wildman–Crippen MR) is 87.5 cm³/mol. The van der Waals surface area contributed by atoms with Gasteiger partial charge in [0.05, 0.1) is 27.8 Å². The first-order valence-corrected chi connectivity index (χ1v) is 7.15. The van der Waals surface area contributed by atoms with Gasteiger partial charge in [-0.1, -0.05) is 0 Å². The fourth-order valence-electron chi connectivity index (χ4n) is 2.24. The summed E-state index contributed by atoms with van der Waals surface area (Å²) in [7, 11) is 4.37. The van der Waals surface area contributed by atoms with E-state index in [9.17, 15) is 14.7 Å². The molecule has 0 atom stereocenters. The van der Waals surface area contributed by atoms with E-state index in [2.05, 4.69) is 0 Å². The molecule has 1 N–H and O–H groups in total. The molecule has 0 aliphatic carbocycles. The number of carbonyl (C=O) groups excluding carboxylic acids is 2. The fraction of sp³-hybridized carbons (Fsp3) is 0.222. The molecule has 6 nitrogen and oxygen atoms in total. The minimum atomic E-state index is -0.368. The van der Waals surface area contributed by atoms with Gasteiger partial charge in [-0.2, -0.15) is 0 Å². The van der Waals surface area contributed by atoms with Crippen molar-refractivity contribution in [2.24, 2.45) is 0 Å². The van der Waals surface area contributed by atoms with E-state index in [1.807, 2.05) is 0 Å². The van der Waals surface area contributed by atoms with Gasteiger partial charge in [0.1, 0.15) is 5.75 Å². The largest absolute Gasteiger partial charge is 0.508 e. The van der Waals surface area contributed by atoms with Crippen molar-refractivity contribution in [3.8, 4) is 23.0 Å². The number of rotatable bonds is 7. The molecular weight excluding hydrogens is 312 g/mol. The molecule has 0 saturated carbocycles. The van der Waals surface area contributed by atoms with Crippen LogP contribution >= 0.6 is 0 Å². The van der Waals surface area contributed by atoms with E-state index in [0.29, 0.717) is 22.8 Å². The van der Waals surface area contributed by atoms with Crippen LogP contribution < -0.4 is 14.2 Å². The number of phenols is 1. The van der Waals surface area contributed by atoms with Crippen molar-refractivity contribution in [2.45, 2.75) is 6.42 Å². The predicted octanol–water partition coefficient (Wildman–Crippen LogP) is 2.87. The van der Waals surface area contributed by atoms with Crippen molar-refractivity contribution in [1.82, 2.24) is 0 Å². The number of carbonyl (C=O) groups is 2. The number of Topliss-reactive ketones (excluding diaryl/α,β-unsaturated/α-hetero) is 2. The lowest BCUT2D eigenvalue weighted by Gasteiger charge is -2.13. The maximum atomic E-state index is 12.4. The van der Waals surface area contributed by atoms with E-state index in [1.54, 1.807) is 0 Å². The van der Waals surface area contributed by atoms with Crippen LogP contribution in [0.25, 0.3) is 0 Å². The standard InChI is InChI=1S/C18H18O6/c1-22-16-8-12(9-17(23-2)18(16)24-3)15(21)10-14(20)11-4-6-13(19)7-5-11/h4-9,19H,10H2,1-3H3. The molecule has 24 heavy (non-hydrogen) atoms. The Bertz CT molecular complexity index is 724. The molecule has 0 radical (unpaired) electrons. The number of benzene rings is 2. The second-order valence-corrected chi connectivity index (χ2v) is 4.98. The van der Waals surface area contributed by atoms with Crippen LogP contribution in [0.5, 0.6) is 23.0 Å². The first-order valence-electron chi connectivity index (χ1n) is 7.15. The number of phenolic OH excluding ortho intramolecular Hbond substituents is 1. The van der Waals surface area contributed by atoms with Crippen LogP contribution in [-0.2, 0) is 0 Å². The highest BCUT2D eigenvalue weighted by Crippen LogP contribution is 2.38. The molecule has 0 fully saturated rings. The summed E-state index contributed by atoms with van der Waals surface area (Å²) in [6.07, 6.45) is -0.302. The average molecular weight is 330 g/mol. The van der Waals surface area contributed by atoms with Gasteiger partial charge in [0, 0.05) is 11.1 Å². The second kappa shape index (κ2) is 7.50. The summed E-state index contributed by atoms with van der Waals surface area (Å²) in [6, 6.07) is 8.76. The summed E-state index contributed by atoms with van der Waals surface area (Å²) in [5, 5.41) is 9.25. The monoisotopic (exact) mass is 330 g/mol. The summed E-state index contributed by atoms with van der Waals surface area (Å²) in [5.41, 5.74) is 0.644. The topological polar surface area (TPSA) is 82.1 Å². The minimum absolute atomic E-state index is 0.0579. The van der Waals surface area contributed by atoms with Crippen molar-refractivity contribution in [3.63, 3.8) is 0 Å². The quantitative estimate of drug-likeness (QED) is 0.621. The number of hydrogen-bond donors (Lipinski definition) is 1. The fourth-order valence-corrected chi connectivity index (χ4v) is 2.24. The van der Waals surface area contributed by atoms with Crippen molar-refractivity contribution in [2.75, 3.05) is 21.3 Å². The van der Waals surface area contributed by atoms with Crippen molar-refractivity contribution >= 4 is 11.6 Å². The molecule has 0 saturated heterocycles. The molecule has 2 rings (SSSR count). The van der Waals surface area contributed by atoms with Crippen molar-refractivity contribution in [3.05, 3.63) is 47.5 Å². The Morgan fingerprint density at radius 1 is 0.833 bits per heavy atom. The molecule has 126 valence electrons. The van der Waals surface area contributed by atoms with Gasteiger partial charge < -0.3 is 19.3 Å². The lowest BCUT2D eigenvalue weighted by Crippen LogP contribution is -2.09. The summed E-state index contributed by atoms with van der Waals surface area (Å²) in [5.74, 6) is 0.416. The third-order valence-electron chi connectivity index (χ3n) is 3.50. The van der Waals surface area contributed by atoms with E-state index in [1.165, 1.54) is 57.7 Å². The zero-order valence-electron chi connectivity index (χ0n) is 13.7. The van der Waals surface area contributed by atoms with Gasteiger partial charge in [-0.3, -0.25) is 9.59 Å². The van der Waals surface area contributed by atoms with Crippen molar-refractivity contribution in [1.29, 1.82) is 0 Å². The van der Waals surface area contributed by atoms with Crippen LogP contribution in [0.3, 0.4) is 0 Å². The van der Waals surface area contributed by atoms with E-state index in [-0.39, 0.29) is 29.3 Å². The van der Waals surface area contributed by atoms with Gasteiger partial charge in [-0.15, -0.1) is 0 Å². The highest BCUT2D eigenvalue weighted by atomic mass is 16.5. The zero-order valence-corrected chi connectivity index (χ0v) is 13.7. The third kappa shape index (κ3) is 3.65. The zero-order chi connectivity index (χ0) is 17.7. The second-order valence-electron chi connectivity index (χ2n) is 4.98. The Balaban J connectivity index is 2.26. The number of ether oxygens (including phenoxy) is 3. The van der Waals surface area contributed by atoms with Gasteiger partial charge >= 0.3 is 0 Å². The molecule has 0 amide bonds. The van der Waals surface area contributed by atoms with Crippen LogP contribution in [0, 0.1) is 0 Å². The third-order valence-corrected chi connectivity index (χ3v) is 3.50. The Morgan fingerprint density at radius 3 is 1.79 bits per heavy atom. The number of methoxy groups -OCH3 is 3. The van der Waals surface area contributed by atoms with E-state index in [0.717, 1.165) is 0 Å². The minimum Gasteiger partial charge on any atom is -0.508 e. The van der Waals surface area contributed by atoms with Crippen LogP contribution in [0.4, 0.5) is 0 Å². The lowest BCUT2D eigenvalue weighted by atomic mass is 10.0. The summed E-state index contributed by atoms with van der Waals surface area (Å²) < 4.78 is 15.6. The molecule has 0 aliphatic heterocycles. The first-order chi connectivity index (χ1) is 11.5. The number of hydrogen-bond acceptors (Lipinski definition) is 6. The first kappa shape index (κ1) is 17.3. The van der Waals surface area contributed by atoms with Gasteiger partial charge in [-0.25, -0.2) is 0 Å². The molecule has 0 aliphatic rings. The maximum absolute atomic E-state index is 12.4. The molecule has 0 bridgehead atoms. The van der Waals surface area contributed by atoms with E-state index in [4.69, 9.17) is 14.2 Å². The van der Waals surface area contributed by atoms with E-state index < -0.39 is 0 Å². The Hall–Kier alpha value is -3.02. The summed E-state index contributed by atoms with van der Waals surface area (Å²) in [6.45, 7) is 0. The highest BCUT2D eigenvalue weighted by molar-refractivity contribution is 6.13. The molecule has 0 spiro atoms. The molecule has 0 aromatic heterocycles. The molecular formula is C18H18O6. The highest BCUT2D eigenvalue weighted by Gasteiger charge is 2.19. The molecule has 0 unspecified atom stereocenters. The number of aromatic hydroxyl groups is 1. The van der Waals surface area contributed by atoms with Crippen molar-refractivity contribution < 1.29 is 28.9 Å². The van der Waals surface area contributed by atoms with Gasteiger partial charge in [0.15, 0.2) is 23.1 Å². The molecule has 0 heterocycles. The smallest absolute Gasteiger partial charge is 0.203 e. The summed E-state index contributed by atoms with van der Waals surface area (Å²) >= 11 is 0. The van der Waals surface area contributed by atoms with Crippen LogP contribution in [0.2, 0.25) is 0 Å². The maximum Gasteiger partial charge on any atom is 0.203 e. The molecule has 2 aromatic rings. The summed E-state index contributed by atoms with van der Waals surface area (Å²) in [4.78, 5) is 24.6.